The first-order chi connectivity index (χ1) is 18.1. The Balaban J connectivity index is 1.39. The van der Waals surface area contributed by atoms with Gasteiger partial charge < -0.3 is 9.47 Å². The van der Waals surface area contributed by atoms with Crippen LogP contribution in [0.1, 0.15) is 11.1 Å². The third-order valence-electron chi connectivity index (χ3n) is 5.52. The first-order valence-electron chi connectivity index (χ1n) is 11.8. The number of para-hydroxylation sites is 4. The summed E-state index contributed by atoms with van der Waals surface area (Å²) in [6, 6.07) is 26.5. The van der Waals surface area contributed by atoms with Crippen LogP contribution in [0.3, 0.4) is 0 Å². The molecule has 0 fully saturated rings. The Morgan fingerprint density at radius 2 is 0.868 bits per heavy atom. The maximum atomic E-state index is 12.8. The molecule has 0 bridgehead atoms. The van der Waals surface area contributed by atoms with Crippen LogP contribution in [-0.2, 0) is 20.0 Å². The molecule has 0 aliphatic rings. The molecule has 4 aromatic rings. The van der Waals surface area contributed by atoms with Crippen LogP contribution >= 0.6 is 0 Å². The summed E-state index contributed by atoms with van der Waals surface area (Å²) in [5.74, 6) is 0.667. The zero-order chi connectivity index (χ0) is 27.2. The van der Waals surface area contributed by atoms with Crippen molar-refractivity contribution in [3.63, 3.8) is 0 Å². The molecule has 0 aliphatic heterocycles. The van der Waals surface area contributed by atoms with Gasteiger partial charge in [-0.05, 0) is 62.4 Å². The highest BCUT2D eigenvalue weighted by Crippen LogP contribution is 2.28. The van der Waals surface area contributed by atoms with E-state index in [1.54, 1.807) is 97.1 Å². The Bertz CT molecular complexity index is 1480. The number of benzene rings is 4. The fraction of sp³-hybridized carbons (Fsp3) is 0.143. The Kier molecular flexibility index (Phi) is 8.23. The standard InChI is InChI=1S/C28H28N2O6S2/c1-21-11-15-23(16-12-21)37(31,32)29-25-7-3-5-9-27(25)35-19-20-36-28-10-6-4-8-26(28)30-38(33,34)24-17-13-22(2)14-18-24/h3-18,29-30H,19-20H2,1-2H3. The van der Waals surface area contributed by atoms with Crippen LogP contribution < -0.4 is 18.9 Å². The second kappa shape index (κ2) is 11.6. The van der Waals surface area contributed by atoms with Gasteiger partial charge in [0.2, 0.25) is 0 Å². The SMILES string of the molecule is Cc1ccc(S(=O)(=O)Nc2ccccc2OCCOc2ccccc2NS(=O)(=O)c2ccc(C)cc2)cc1. The van der Waals surface area contributed by atoms with Crippen molar-refractivity contribution in [2.75, 3.05) is 22.7 Å². The van der Waals surface area contributed by atoms with Gasteiger partial charge in [-0.2, -0.15) is 0 Å². The van der Waals surface area contributed by atoms with Gasteiger partial charge in [-0.3, -0.25) is 9.44 Å². The zero-order valence-corrected chi connectivity index (χ0v) is 22.6. The Hall–Kier alpha value is -4.02. The number of anilines is 2. The quantitative estimate of drug-likeness (QED) is 0.242. The van der Waals surface area contributed by atoms with Crippen molar-refractivity contribution in [1.82, 2.24) is 0 Å². The lowest BCUT2D eigenvalue weighted by Crippen LogP contribution is -2.16. The summed E-state index contributed by atoms with van der Waals surface area (Å²) in [6.07, 6.45) is 0. The molecular formula is C28H28N2O6S2. The van der Waals surface area contributed by atoms with Crippen LogP contribution in [0.2, 0.25) is 0 Å². The predicted octanol–water partition coefficient (Wildman–Crippen LogP) is 5.36. The lowest BCUT2D eigenvalue weighted by atomic mass is 10.2. The molecule has 0 unspecified atom stereocenters. The van der Waals surface area contributed by atoms with Gasteiger partial charge in [0, 0.05) is 0 Å². The highest BCUT2D eigenvalue weighted by atomic mass is 32.2. The second-order valence-corrected chi connectivity index (χ2v) is 11.9. The van der Waals surface area contributed by atoms with E-state index in [1.165, 1.54) is 0 Å². The van der Waals surface area contributed by atoms with Crippen molar-refractivity contribution in [3.05, 3.63) is 108 Å². The van der Waals surface area contributed by atoms with E-state index in [0.29, 0.717) is 22.9 Å². The van der Waals surface area contributed by atoms with Crippen molar-refractivity contribution >= 4 is 31.4 Å². The van der Waals surface area contributed by atoms with Gasteiger partial charge in [0.1, 0.15) is 24.7 Å². The summed E-state index contributed by atoms with van der Waals surface area (Å²) in [5.41, 5.74) is 2.49. The number of hydrogen-bond acceptors (Lipinski definition) is 6. The van der Waals surface area contributed by atoms with Crippen LogP contribution in [0, 0.1) is 13.8 Å². The highest BCUT2D eigenvalue weighted by molar-refractivity contribution is 7.93. The van der Waals surface area contributed by atoms with E-state index in [1.807, 2.05) is 13.8 Å². The molecule has 0 spiro atoms. The molecule has 4 aromatic carbocycles. The van der Waals surface area contributed by atoms with Crippen LogP contribution in [0.15, 0.2) is 107 Å². The van der Waals surface area contributed by atoms with E-state index in [2.05, 4.69) is 9.44 Å². The molecule has 198 valence electrons. The summed E-state index contributed by atoms with van der Waals surface area (Å²) in [7, 11) is -7.60. The topological polar surface area (TPSA) is 111 Å². The van der Waals surface area contributed by atoms with Crippen LogP contribution in [0.25, 0.3) is 0 Å². The average Bonchev–Trinajstić information content (AvgIpc) is 2.88. The Morgan fingerprint density at radius 3 is 1.24 bits per heavy atom. The van der Waals surface area contributed by atoms with Crippen LogP contribution in [0.4, 0.5) is 11.4 Å². The molecule has 0 saturated carbocycles. The summed E-state index contributed by atoms with van der Waals surface area (Å²) in [4.78, 5) is 0.289. The van der Waals surface area contributed by atoms with Gasteiger partial charge in [-0.15, -0.1) is 0 Å². The smallest absolute Gasteiger partial charge is 0.262 e. The number of aryl methyl sites for hydroxylation is 2. The maximum absolute atomic E-state index is 12.8. The summed E-state index contributed by atoms with van der Waals surface area (Å²) in [5, 5.41) is 0. The summed E-state index contributed by atoms with van der Waals surface area (Å²) >= 11 is 0. The average molecular weight is 553 g/mol. The zero-order valence-electron chi connectivity index (χ0n) is 20.9. The van der Waals surface area contributed by atoms with Gasteiger partial charge >= 0.3 is 0 Å². The van der Waals surface area contributed by atoms with Crippen molar-refractivity contribution in [3.8, 4) is 11.5 Å². The number of hydrogen-bond donors (Lipinski definition) is 2. The number of rotatable bonds is 11. The molecule has 0 aliphatic carbocycles. The predicted molar refractivity (Wildman–Crippen MR) is 148 cm³/mol. The molecule has 0 amide bonds. The molecule has 38 heavy (non-hydrogen) atoms. The third-order valence-corrected chi connectivity index (χ3v) is 8.29. The minimum absolute atomic E-state index is 0.0856. The molecule has 0 atom stereocenters. The maximum Gasteiger partial charge on any atom is 0.262 e. The molecule has 4 rings (SSSR count). The molecule has 2 N–H and O–H groups in total. The van der Waals surface area contributed by atoms with E-state index in [0.717, 1.165) is 11.1 Å². The van der Waals surface area contributed by atoms with E-state index >= 15 is 0 Å². The van der Waals surface area contributed by atoms with Gasteiger partial charge in [0.15, 0.2) is 0 Å². The molecule has 0 aromatic heterocycles. The fourth-order valence-electron chi connectivity index (χ4n) is 3.50. The first kappa shape index (κ1) is 27.0. The van der Waals surface area contributed by atoms with E-state index < -0.39 is 20.0 Å². The highest BCUT2D eigenvalue weighted by Gasteiger charge is 2.18. The first-order valence-corrected chi connectivity index (χ1v) is 14.7. The summed E-state index contributed by atoms with van der Waals surface area (Å²) in [6.45, 7) is 3.93. The lowest BCUT2D eigenvalue weighted by molar-refractivity contribution is 0.218. The fourth-order valence-corrected chi connectivity index (χ4v) is 5.64. The van der Waals surface area contributed by atoms with Gasteiger partial charge in [0.25, 0.3) is 20.0 Å². The number of sulfonamides is 2. The number of ether oxygens (including phenoxy) is 2. The lowest BCUT2D eigenvalue weighted by Gasteiger charge is -2.16. The third kappa shape index (κ3) is 6.84. The second-order valence-electron chi connectivity index (χ2n) is 8.53. The molecule has 0 radical (unpaired) electrons. The van der Waals surface area contributed by atoms with Gasteiger partial charge in [0.05, 0.1) is 21.2 Å². The largest absolute Gasteiger partial charge is 0.488 e. The van der Waals surface area contributed by atoms with Crippen molar-refractivity contribution in [1.29, 1.82) is 0 Å². The Morgan fingerprint density at radius 1 is 0.526 bits per heavy atom. The van der Waals surface area contributed by atoms with E-state index in [-0.39, 0.29) is 23.0 Å². The minimum atomic E-state index is -3.80. The van der Waals surface area contributed by atoms with Crippen LogP contribution in [-0.4, -0.2) is 30.0 Å². The van der Waals surface area contributed by atoms with E-state index in [9.17, 15) is 16.8 Å². The van der Waals surface area contributed by atoms with Crippen molar-refractivity contribution < 1.29 is 26.3 Å². The monoisotopic (exact) mass is 552 g/mol. The number of nitrogens with one attached hydrogen (secondary N) is 2. The van der Waals surface area contributed by atoms with Crippen molar-refractivity contribution in [2.45, 2.75) is 23.6 Å². The van der Waals surface area contributed by atoms with E-state index in [4.69, 9.17) is 9.47 Å². The normalized spacial score (nSPS) is 11.5. The Labute approximate surface area is 223 Å². The molecular weight excluding hydrogens is 524 g/mol. The minimum Gasteiger partial charge on any atom is -0.488 e. The van der Waals surface area contributed by atoms with Gasteiger partial charge in [-0.25, -0.2) is 16.8 Å². The summed E-state index contributed by atoms with van der Waals surface area (Å²) < 4.78 is 67.9. The van der Waals surface area contributed by atoms with Crippen LogP contribution in [0.5, 0.6) is 11.5 Å². The molecule has 0 saturated heterocycles. The molecule has 8 nitrogen and oxygen atoms in total. The van der Waals surface area contributed by atoms with Crippen molar-refractivity contribution in [2.24, 2.45) is 0 Å². The van der Waals surface area contributed by atoms with Gasteiger partial charge in [-0.1, -0.05) is 59.7 Å². The molecule has 0 heterocycles. The molecule has 10 heteroatoms.